The van der Waals surface area contributed by atoms with E-state index in [0.29, 0.717) is 12.4 Å². The number of aryl methyl sites for hydroxylation is 1. The zero-order valence-electron chi connectivity index (χ0n) is 12.1. The molecule has 0 spiro atoms. The fourth-order valence-corrected chi connectivity index (χ4v) is 2.68. The van der Waals surface area contributed by atoms with Gasteiger partial charge in [-0.2, -0.15) is 0 Å². The molecule has 106 valence electrons. The minimum atomic E-state index is -0.129. The number of morpholine rings is 1. The van der Waals surface area contributed by atoms with Crippen LogP contribution in [0.5, 0.6) is 0 Å². The lowest BCUT2D eigenvalue weighted by atomic mass is 10.1. The van der Waals surface area contributed by atoms with Crippen LogP contribution < -0.4 is 11.3 Å². The van der Waals surface area contributed by atoms with Gasteiger partial charge in [0.25, 0.3) is 0 Å². The van der Waals surface area contributed by atoms with Gasteiger partial charge in [-0.1, -0.05) is 0 Å². The maximum atomic E-state index is 5.90. The van der Waals surface area contributed by atoms with E-state index in [9.17, 15) is 0 Å². The third kappa shape index (κ3) is 3.86. The number of ether oxygens (including phenoxy) is 1. The molecule has 1 unspecified atom stereocenters. The van der Waals surface area contributed by atoms with Crippen molar-refractivity contribution in [2.45, 2.75) is 45.9 Å². The van der Waals surface area contributed by atoms with Crippen molar-refractivity contribution in [3.63, 3.8) is 0 Å². The fraction of sp³-hybridized carbons (Fsp3) is 0.692. The first-order valence-electron chi connectivity index (χ1n) is 6.59. The van der Waals surface area contributed by atoms with Gasteiger partial charge >= 0.3 is 0 Å². The highest BCUT2D eigenvalue weighted by molar-refractivity contribution is 5.33. The van der Waals surface area contributed by atoms with Crippen molar-refractivity contribution in [1.82, 2.24) is 14.9 Å². The first kappa shape index (κ1) is 14.2. The molecule has 0 radical (unpaired) electrons. The standard InChI is InChI=1S/C13H23N5O/c1-9-5-11(17-14)16-12(15-9)7-18-6-10(2)19-13(3,4)8-18/h5,10H,6-8,14H2,1-4H3,(H,15,16,17). The van der Waals surface area contributed by atoms with E-state index in [2.05, 4.69) is 41.1 Å². The number of nitrogens with zero attached hydrogens (tertiary/aromatic N) is 3. The second-order valence-electron chi connectivity index (χ2n) is 5.81. The molecule has 6 heteroatoms. The number of aromatic nitrogens is 2. The van der Waals surface area contributed by atoms with Crippen LogP contribution in [0.25, 0.3) is 0 Å². The summed E-state index contributed by atoms with van der Waals surface area (Å²) in [6, 6.07) is 1.83. The van der Waals surface area contributed by atoms with Crippen molar-refractivity contribution in [3.8, 4) is 0 Å². The maximum Gasteiger partial charge on any atom is 0.145 e. The predicted molar refractivity (Wildman–Crippen MR) is 74.5 cm³/mol. The number of hydrogen-bond acceptors (Lipinski definition) is 6. The Hall–Kier alpha value is -1.24. The van der Waals surface area contributed by atoms with E-state index in [1.807, 2.05) is 13.0 Å². The summed E-state index contributed by atoms with van der Waals surface area (Å²) in [6.07, 6.45) is 0.223. The van der Waals surface area contributed by atoms with E-state index in [1.54, 1.807) is 0 Å². The second-order valence-corrected chi connectivity index (χ2v) is 5.81. The average molecular weight is 265 g/mol. The zero-order chi connectivity index (χ0) is 14.0. The number of hydrogen-bond donors (Lipinski definition) is 2. The van der Waals surface area contributed by atoms with Crippen molar-refractivity contribution in [2.24, 2.45) is 5.84 Å². The van der Waals surface area contributed by atoms with Crippen LogP contribution in [0.3, 0.4) is 0 Å². The molecule has 2 rings (SSSR count). The van der Waals surface area contributed by atoms with Gasteiger partial charge < -0.3 is 10.2 Å². The molecule has 19 heavy (non-hydrogen) atoms. The molecule has 3 N–H and O–H groups in total. The van der Waals surface area contributed by atoms with Gasteiger partial charge in [0.2, 0.25) is 0 Å². The molecule has 1 saturated heterocycles. The van der Waals surface area contributed by atoms with E-state index >= 15 is 0 Å². The van der Waals surface area contributed by atoms with Crippen LogP contribution in [0.4, 0.5) is 5.82 Å². The van der Waals surface area contributed by atoms with Gasteiger partial charge in [0, 0.05) is 24.8 Å². The lowest BCUT2D eigenvalue weighted by Gasteiger charge is -2.41. The average Bonchev–Trinajstić information content (AvgIpc) is 2.24. The van der Waals surface area contributed by atoms with E-state index in [1.165, 1.54) is 0 Å². The van der Waals surface area contributed by atoms with Gasteiger partial charge in [-0.15, -0.1) is 0 Å². The summed E-state index contributed by atoms with van der Waals surface area (Å²) in [4.78, 5) is 11.2. The smallest absolute Gasteiger partial charge is 0.145 e. The van der Waals surface area contributed by atoms with Crippen molar-refractivity contribution in [2.75, 3.05) is 18.5 Å². The Kier molecular flexibility index (Phi) is 4.03. The highest BCUT2D eigenvalue weighted by Crippen LogP contribution is 2.21. The molecular weight excluding hydrogens is 242 g/mol. The van der Waals surface area contributed by atoms with E-state index in [4.69, 9.17) is 10.6 Å². The number of hydrazine groups is 1. The lowest BCUT2D eigenvalue weighted by Crippen LogP contribution is -2.51. The molecule has 1 fully saturated rings. The quantitative estimate of drug-likeness (QED) is 0.629. The molecule has 2 heterocycles. The first-order valence-corrected chi connectivity index (χ1v) is 6.59. The van der Waals surface area contributed by atoms with Crippen LogP contribution in [0.15, 0.2) is 6.07 Å². The zero-order valence-corrected chi connectivity index (χ0v) is 12.1. The molecule has 6 nitrogen and oxygen atoms in total. The van der Waals surface area contributed by atoms with E-state index < -0.39 is 0 Å². The Balaban J connectivity index is 2.10. The highest BCUT2D eigenvalue weighted by Gasteiger charge is 2.31. The normalized spacial score (nSPS) is 23.3. The molecule has 0 bridgehead atoms. The SMILES string of the molecule is Cc1cc(NN)nc(CN2CC(C)OC(C)(C)C2)n1. The van der Waals surface area contributed by atoms with Gasteiger partial charge in [-0.25, -0.2) is 15.8 Å². The fourth-order valence-electron chi connectivity index (χ4n) is 2.68. The Labute approximate surface area is 114 Å². The summed E-state index contributed by atoms with van der Waals surface area (Å²) in [6.45, 7) is 10.7. The number of nitrogens with two attached hydrogens (primary N) is 1. The number of anilines is 1. The largest absolute Gasteiger partial charge is 0.370 e. The molecule has 0 amide bonds. The van der Waals surface area contributed by atoms with Crippen LogP contribution >= 0.6 is 0 Å². The highest BCUT2D eigenvalue weighted by atomic mass is 16.5. The molecule has 1 aliphatic heterocycles. The van der Waals surface area contributed by atoms with Gasteiger partial charge in [0.15, 0.2) is 0 Å². The number of rotatable bonds is 3. The van der Waals surface area contributed by atoms with Gasteiger partial charge in [0.05, 0.1) is 18.2 Å². The summed E-state index contributed by atoms with van der Waals surface area (Å²) in [5.41, 5.74) is 3.36. The van der Waals surface area contributed by atoms with Crippen LogP contribution in [0.1, 0.15) is 32.3 Å². The van der Waals surface area contributed by atoms with E-state index in [0.717, 1.165) is 24.6 Å². The summed E-state index contributed by atoms with van der Waals surface area (Å²) < 4.78 is 5.90. The first-order chi connectivity index (χ1) is 8.88. The third-order valence-corrected chi connectivity index (χ3v) is 3.05. The molecule has 0 aliphatic carbocycles. The molecular formula is C13H23N5O. The lowest BCUT2D eigenvalue weighted by molar-refractivity contribution is -0.131. The Morgan fingerprint density at radius 1 is 1.53 bits per heavy atom. The van der Waals surface area contributed by atoms with Crippen LogP contribution in [-0.2, 0) is 11.3 Å². The minimum Gasteiger partial charge on any atom is -0.370 e. The molecule has 1 atom stereocenters. The van der Waals surface area contributed by atoms with Crippen molar-refractivity contribution >= 4 is 5.82 Å². The van der Waals surface area contributed by atoms with Crippen LogP contribution in [-0.4, -0.2) is 39.7 Å². The van der Waals surface area contributed by atoms with Crippen molar-refractivity contribution < 1.29 is 4.74 Å². The summed E-state index contributed by atoms with van der Waals surface area (Å²) in [5, 5.41) is 0. The maximum absolute atomic E-state index is 5.90. The van der Waals surface area contributed by atoms with Crippen molar-refractivity contribution in [1.29, 1.82) is 0 Å². The summed E-state index contributed by atoms with van der Waals surface area (Å²) in [5.74, 6) is 6.86. The van der Waals surface area contributed by atoms with Crippen molar-refractivity contribution in [3.05, 3.63) is 17.6 Å². The number of nitrogens with one attached hydrogen (secondary N) is 1. The van der Waals surface area contributed by atoms with Gasteiger partial charge in [0.1, 0.15) is 11.6 Å². The Bertz CT molecular complexity index is 449. The Morgan fingerprint density at radius 3 is 2.89 bits per heavy atom. The van der Waals surface area contributed by atoms with E-state index in [-0.39, 0.29) is 11.7 Å². The minimum absolute atomic E-state index is 0.129. The molecule has 1 aromatic heterocycles. The third-order valence-electron chi connectivity index (χ3n) is 3.05. The number of nitrogen functional groups attached to an aromatic ring is 1. The topological polar surface area (TPSA) is 76.3 Å². The van der Waals surface area contributed by atoms with Gasteiger partial charge in [-0.05, 0) is 27.7 Å². The predicted octanol–water partition coefficient (Wildman–Crippen LogP) is 1.07. The van der Waals surface area contributed by atoms with Crippen LogP contribution in [0, 0.1) is 6.92 Å². The van der Waals surface area contributed by atoms with Gasteiger partial charge in [-0.3, -0.25) is 4.90 Å². The second kappa shape index (κ2) is 5.40. The monoisotopic (exact) mass is 265 g/mol. The summed E-state index contributed by atoms with van der Waals surface area (Å²) in [7, 11) is 0. The molecule has 0 aromatic carbocycles. The van der Waals surface area contributed by atoms with Crippen LogP contribution in [0.2, 0.25) is 0 Å². The molecule has 1 aliphatic rings. The summed E-state index contributed by atoms with van der Waals surface area (Å²) >= 11 is 0. The molecule has 1 aromatic rings. The Morgan fingerprint density at radius 2 is 2.26 bits per heavy atom. The molecule has 0 saturated carbocycles.